The predicted molar refractivity (Wildman–Crippen MR) is 77.9 cm³/mol. The van der Waals surface area contributed by atoms with E-state index in [-0.39, 0.29) is 18.0 Å². The summed E-state index contributed by atoms with van der Waals surface area (Å²) in [6.45, 7) is 3.71. The van der Waals surface area contributed by atoms with Crippen LogP contribution in [0, 0.1) is 0 Å². The molecule has 5 nitrogen and oxygen atoms in total. The maximum absolute atomic E-state index is 12.0. The molecule has 0 aromatic heterocycles. The molecule has 108 valence electrons. The highest BCUT2D eigenvalue weighted by atomic mass is 79.9. The number of likely N-dealkylation sites (tertiary alicyclic amines) is 1. The fraction of sp³-hybridized carbons (Fsp3) is 0.500. The fourth-order valence-corrected chi connectivity index (χ4v) is 3.49. The van der Waals surface area contributed by atoms with E-state index in [9.17, 15) is 4.79 Å². The van der Waals surface area contributed by atoms with Crippen LogP contribution in [0.2, 0.25) is 0 Å². The van der Waals surface area contributed by atoms with Gasteiger partial charge in [-0.3, -0.25) is 4.79 Å². The van der Waals surface area contributed by atoms with Crippen molar-refractivity contribution in [2.75, 3.05) is 19.8 Å². The fourth-order valence-electron chi connectivity index (χ4n) is 2.92. The first-order valence-electron chi connectivity index (χ1n) is 6.76. The molecule has 0 aliphatic carbocycles. The summed E-state index contributed by atoms with van der Waals surface area (Å²) < 4.78 is 12.1. The van der Waals surface area contributed by atoms with Gasteiger partial charge in [-0.05, 0) is 40.5 Å². The predicted octanol–water partition coefficient (Wildman–Crippen LogP) is 1.84. The smallest absolute Gasteiger partial charge is 0.224 e. The monoisotopic (exact) mass is 340 g/mol. The van der Waals surface area contributed by atoms with Crippen molar-refractivity contribution >= 4 is 21.8 Å². The number of halogens is 1. The molecule has 2 heterocycles. The summed E-state index contributed by atoms with van der Waals surface area (Å²) >= 11 is 3.51. The summed E-state index contributed by atoms with van der Waals surface area (Å²) in [4.78, 5) is 13.8. The van der Waals surface area contributed by atoms with Gasteiger partial charge >= 0.3 is 0 Å². The minimum atomic E-state index is -0.183. The lowest BCUT2D eigenvalue weighted by molar-refractivity contribution is -0.128. The van der Waals surface area contributed by atoms with E-state index in [0.717, 1.165) is 15.8 Å². The molecule has 20 heavy (non-hydrogen) atoms. The van der Waals surface area contributed by atoms with E-state index < -0.39 is 0 Å². The van der Waals surface area contributed by atoms with Crippen molar-refractivity contribution in [2.24, 2.45) is 5.73 Å². The molecule has 0 bridgehead atoms. The van der Waals surface area contributed by atoms with Crippen LogP contribution in [0.15, 0.2) is 16.6 Å². The molecule has 1 saturated heterocycles. The van der Waals surface area contributed by atoms with E-state index in [1.807, 2.05) is 24.0 Å². The second kappa shape index (κ2) is 5.26. The van der Waals surface area contributed by atoms with Crippen molar-refractivity contribution in [1.29, 1.82) is 0 Å². The number of benzene rings is 1. The molecule has 3 rings (SSSR count). The molecule has 2 unspecified atom stereocenters. The Balaban J connectivity index is 2.01. The molecule has 1 aromatic rings. The zero-order chi connectivity index (χ0) is 14.3. The van der Waals surface area contributed by atoms with Crippen molar-refractivity contribution in [1.82, 2.24) is 4.90 Å². The van der Waals surface area contributed by atoms with Gasteiger partial charge in [-0.2, -0.15) is 0 Å². The summed E-state index contributed by atoms with van der Waals surface area (Å²) in [6, 6.07) is 3.63. The Kier molecular flexibility index (Phi) is 3.60. The van der Waals surface area contributed by atoms with Crippen LogP contribution in [0.1, 0.15) is 24.9 Å². The van der Waals surface area contributed by atoms with E-state index in [1.54, 1.807) is 0 Å². The average molecular weight is 341 g/mol. The highest BCUT2D eigenvalue weighted by Crippen LogP contribution is 2.42. The Morgan fingerprint density at radius 3 is 2.90 bits per heavy atom. The third kappa shape index (κ3) is 2.16. The van der Waals surface area contributed by atoms with Crippen LogP contribution >= 0.6 is 15.9 Å². The lowest BCUT2D eigenvalue weighted by Gasteiger charge is -2.28. The molecule has 2 N–H and O–H groups in total. The van der Waals surface area contributed by atoms with Crippen LogP contribution in [0.4, 0.5) is 0 Å². The Labute approximate surface area is 126 Å². The van der Waals surface area contributed by atoms with Crippen molar-refractivity contribution in [3.05, 3.63) is 22.2 Å². The van der Waals surface area contributed by atoms with Gasteiger partial charge in [-0.25, -0.2) is 0 Å². The Hall–Kier alpha value is -1.27. The molecule has 2 aliphatic heterocycles. The second-order valence-electron chi connectivity index (χ2n) is 5.02. The molecule has 6 heteroatoms. The standard InChI is InChI=1S/C14H17BrN2O3/c1-2-17-12(18)7-10(16)13(17)8-5-9(15)14-11(6-8)19-3-4-20-14/h5-6,10,13H,2-4,7,16H2,1H3. The topological polar surface area (TPSA) is 64.8 Å². The third-order valence-electron chi connectivity index (χ3n) is 3.77. The van der Waals surface area contributed by atoms with Gasteiger partial charge in [0.05, 0.1) is 10.5 Å². The first kappa shape index (κ1) is 13.7. The van der Waals surface area contributed by atoms with Crippen LogP contribution in [0.5, 0.6) is 11.5 Å². The number of hydrogen-bond donors (Lipinski definition) is 1. The van der Waals surface area contributed by atoms with Gasteiger partial charge in [-0.1, -0.05) is 0 Å². The van der Waals surface area contributed by atoms with E-state index >= 15 is 0 Å². The number of carbonyl (C=O) groups excluding carboxylic acids is 1. The number of fused-ring (bicyclic) bond motifs is 1. The minimum absolute atomic E-state index is 0.0976. The normalized spacial score (nSPS) is 25.1. The summed E-state index contributed by atoms with van der Waals surface area (Å²) in [5, 5.41) is 0. The number of likely N-dealkylation sites (N-methyl/N-ethyl adjacent to an activating group) is 1. The summed E-state index contributed by atoms with van der Waals surface area (Å²) in [5.74, 6) is 1.54. The van der Waals surface area contributed by atoms with Crippen LogP contribution in [0.25, 0.3) is 0 Å². The SMILES string of the molecule is CCN1C(=O)CC(N)C1c1cc(Br)c2c(c1)OCCO2. The molecular weight excluding hydrogens is 324 g/mol. The van der Waals surface area contributed by atoms with Gasteiger partial charge in [0.2, 0.25) is 5.91 Å². The summed E-state index contributed by atoms with van der Waals surface area (Å²) in [5.41, 5.74) is 7.13. The third-order valence-corrected chi connectivity index (χ3v) is 4.36. The zero-order valence-corrected chi connectivity index (χ0v) is 12.9. The van der Waals surface area contributed by atoms with Gasteiger partial charge in [0.1, 0.15) is 13.2 Å². The molecule has 0 spiro atoms. The molecule has 1 amide bonds. The van der Waals surface area contributed by atoms with E-state index in [1.165, 1.54) is 0 Å². The highest BCUT2D eigenvalue weighted by molar-refractivity contribution is 9.10. The van der Waals surface area contributed by atoms with Crippen LogP contribution in [0.3, 0.4) is 0 Å². The van der Waals surface area contributed by atoms with Gasteiger partial charge in [-0.15, -0.1) is 0 Å². The first-order valence-corrected chi connectivity index (χ1v) is 7.55. The van der Waals surface area contributed by atoms with Crippen LogP contribution in [-0.2, 0) is 4.79 Å². The molecular formula is C14H17BrN2O3. The average Bonchev–Trinajstić information content (AvgIpc) is 2.72. The number of ether oxygens (including phenoxy) is 2. The number of carbonyl (C=O) groups is 1. The molecule has 1 aromatic carbocycles. The van der Waals surface area contributed by atoms with E-state index in [2.05, 4.69) is 15.9 Å². The quantitative estimate of drug-likeness (QED) is 0.892. The van der Waals surface area contributed by atoms with Gasteiger partial charge in [0.15, 0.2) is 11.5 Å². The van der Waals surface area contributed by atoms with Crippen molar-refractivity contribution in [3.8, 4) is 11.5 Å². The lowest BCUT2D eigenvalue weighted by atomic mass is 10.00. The molecule has 0 saturated carbocycles. The number of rotatable bonds is 2. The number of nitrogens with zero attached hydrogens (tertiary/aromatic N) is 1. The molecule has 2 atom stereocenters. The molecule has 2 aliphatic rings. The highest BCUT2D eigenvalue weighted by Gasteiger charge is 2.38. The van der Waals surface area contributed by atoms with Gasteiger partial charge in [0.25, 0.3) is 0 Å². The van der Waals surface area contributed by atoms with Crippen LogP contribution in [-0.4, -0.2) is 36.6 Å². The molecule has 0 radical (unpaired) electrons. The lowest BCUT2D eigenvalue weighted by Crippen LogP contribution is -2.33. The van der Waals surface area contributed by atoms with Crippen molar-refractivity contribution < 1.29 is 14.3 Å². The van der Waals surface area contributed by atoms with E-state index in [4.69, 9.17) is 15.2 Å². The Morgan fingerprint density at radius 2 is 2.15 bits per heavy atom. The van der Waals surface area contributed by atoms with Crippen LogP contribution < -0.4 is 15.2 Å². The Morgan fingerprint density at radius 1 is 1.40 bits per heavy atom. The van der Waals surface area contributed by atoms with Gasteiger partial charge in [0, 0.05) is 19.0 Å². The van der Waals surface area contributed by atoms with Crippen molar-refractivity contribution in [2.45, 2.75) is 25.4 Å². The largest absolute Gasteiger partial charge is 0.486 e. The number of hydrogen-bond acceptors (Lipinski definition) is 4. The zero-order valence-electron chi connectivity index (χ0n) is 11.3. The van der Waals surface area contributed by atoms with E-state index in [0.29, 0.717) is 31.9 Å². The minimum Gasteiger partial charge on any atom is -0.486 e. The second-order valence-corrected chi connectivity index (χ2v) is 5.87. The van der Waals surface area contributed by atoms with Crippen molar-refractivity contribution in [3.63, 3.8) is 0 Å². The molecule has 1 fully saturated rings. The first-order chi connectivity index (χ1) is 9.61. The number of amides is 1. The maximum Gasteiger partial charge on any atom is 0.224 e. The summed E-state index contributed by atoms with van der Waals surface area (Å²) in [7, 11) is 0. The van der Waals surface area contributed by atoms with Gasteiger partial charge < -0.3 is 20.1 Å². The number of nitrogens with two attached hydrogens (primary N) is 1. The summed E-state index contributed by atoms with van der Waals surface area (Å²) in [6.07, 6.45) is 0.393. The Bertz CT molecular complexity index is 549. The maximum atomic E-state index is 12.0.